The molecule has 2 N–H and O–H groups in total. The van der Waals surface area contributed by atoms with E-state index in [1.807, 2.05) is 37.3 Å². The number of aromatic nitrogens is 2. The van der Waals surface area contributed by atoms with Crippen molar-refractivity contribution in [3.63, 3.8) is 0 Å². The maximum absolute atomic E-state index is 12.7. The summed E-state index contributed by atoms with van der Waals surface area (Å²) in [6.07, 6.45) is 0. The predicted molar refractivity (Wildman–Crippen MR) is 103 cm³/mol. The van der Waals surface area contributed by atoms with Gasteiger partial charge in [0.2, 0.25) is 0 Å². The first-order valence-corrected chi connectivity index (χ1v) is 9.00. The number of rotatable bonds is 6. The molecule has 0 saturated carbocycles. The lowest BCUT2D eigenvalue weighted by molar-refractivity contribution is 0.0698. The van der Waals surface area contributed by atoms with E-state index in [0.29, 0.717) is 16.7 Å². The predicted octanol–water partition coefficient (Wildman–Crippen LogP) is 3.79. The van der Waals surface area contributed by atoms with E-state index in [0.717, 1.165) is 11.4 Å². The van der Waals surface area contributed by atoms with Crippen molar-refractivity contribution in [1.82, 2.24) is 9.55 Å². The number of benzene rings is 2. The fourth-order valence-electron chi connectivity index (χ4n) is 2.48. The lowest BCUT2D eigenvalue weighted by Gasteiger charge is -2.14. The summed E-state index contributed by atoms with van der Waals surface area (Å²) >= 11 is 1.44. The van der Waals surface area contributed by atoms with Crippen molar-refractivity contribution < 1.29 is 9.90 Å². The van der Waals surface area contributed by atoms with Crippen molar-refractivity contribution in [2.24, 2.45) is 0 Å². The quantitative estimate of drug-likeness (QED) is 0.509. The first kappa shape index (κ1) is 17.8. The molecule has 6 nitrogen and oxygen atoms in total. The number of anilines is 2. The summed E-state index contributed by atoms with van der Waals surface area (Å²) in [6.45, 7) is 1.98. The van der Waals surface area contributed by atoms with Gasteiger partial charge in [-0.2, -0.15) is 0 Å². The normalized spacial score (nSPS) is 10.5. The number of hydrogen-bond donors (Lipinski definition) is 2. The van der Waals surface area contributed by atoms with Gasteiger partial charge in [-0.1, -0.05) is 49.0 Å². The molecule has 0 spiro atoms. The number of para-hydroxylation sites is 2. The zero-order chi connectivity index (χ0) is 18.5. The number of carboxylic acid groups (broad SMARTS) is 1. The van der Waals surface area contributed by atoms with Gasteiger partial charge in [0, 0.05) is 6.07 Å². The second-order valence-corrected chi connectivity index (χ2v) is 6.57. The van der Waals surface area contributed by atoms with Crippen LogP contribution < -0.4 is 10.9 Å². The minimum absolute atomic E-state index is 0.117. The molecule has 7 heteroatoms. The van der Waals surface area contributed by atoms with Crippen LogP contribution in [0, 0.1) is 0 Å². The molecular formula is C19H17N3O3S. The highest BCUT2D eigenvalue weighted by Crippen LogP contribution is 2.23. The van der Waals surface area contributed by atoms with Crippen LogP contribution in [-0.2, 0) is 0 Å². The molecule has 0 unspecified atom stereocenters. The van der Waals surface area contributed by atoms with E-state index in [2.05, 4.69) is 10.3 Å². The monoisotopic (exact) mass is 367 g/mol. The minimum Gasteiger partial charge on any atom is -0.478 e. The SMILES string of the molecule is CCSc1nc(Nc2ccccc2C(=O)O)cc(=O)n1-c1ccccc1. The van der Waals surface area contributed by atoms with E-state index in [1.54, 1.807) is 22.8 Å². The Balaban J connectivity index is 2.06. The Morgan fingerprint density at radius 3 is 2.54 bits per heavy atom. The van der Waals surface area contributed by atoms with E-state index in [-0.39, 0.29) is 11.1 Å². The number of nitrogens with zero attached hydrogens (tertiary/aromatic N) is 2. The highest BCUT2D eigenvalue weighted by molar-refractivity contribution is 7.99. The van der Waals surface area contributed by atoms with Gasteiger partial charge in [-0.3, -0.25) is 9.36 Å². The number of carbonyl (C=O) groups is 1. The highest BCUT2D eigenvalue weighted by atomic mass is 32.2. The Bertz CT molecular complexity index is 987. The standard InChI is InChI=1S/C19H17N3O3S/c1-2-26-19-21-16(20-15-11-7-6-10-14(15)18(24)25)12-17(23)22(19)13-8-4-3-5-9-13/h3-12,20H,2H2,1H3,(H,24,25). The zero-order valence-electron chi connectivity index (χ0n) is 14.0. The molecule has 1 heterocycles. The number of carboxylic acids is 1. The van der Waals surface area contributed by atoms with Crippen LogP contribution in [0.1, 0.15) is 17.3 Å². The van der Waals surface area contributed by atoms with E-state index < -0.39 is 5.97 Å². The maximum atomic E-state index is 12.7. The molecule has 3 rings (SSSR count). The van der Waals surface area contributed by atoms with E-state index in [1.165, 1.54) is 23.9 Å². The number of thioether (sulfide) groups is 1. The molecule has 0 atom stereocenters. The molecule has 0 saturated heterocycles. The van der Waals surface area contributed by atoms with Gasteiger partial charge in [-0.05, 0) is 30.0 Å². The number of hydrogen-bond acceptors (Lipinski definition) is 5. The Morgan fingerprint density at radius 1 is 1.15 bits per heavy atom. The molecule has 0 fully saturated rings. The van der Waals surface area contributed by atoms with Gasteiger partial charge in [0.25, 0.3) is 5.56 Å². The Hall–Kier alpha value is -3.06. The third kappa shape index (κ3) is 3.78. The van der Waals surface area contributed by atoms with Crippen LogP contribution in [0.25, 0.3) is 5.69 Å². The van der Waals surface area contributed by atoms with Crippen molar-refractivity contribution in [2.45, 2.75) is 12.1 Å². The summed E-state index contributed by atoms with van der Waals surface area (Å²) in [5, 5.41) is 12.8. The van der Waals surface area contributed by atoms with Gasteiger partial charge in [0.05, 0.1) is 16.9 Å². The van der Waals surface area contributed by atoms with E-state index in [9.17, 15) is 14.7 Å². The van der Waals surface area contributed by atoms with Gasteiger partial charge in [-0.15, -0.1) is 0 Å². The number of nitrogens with one attached hydrogen (secondary N) is 1. The average molecular weight is 367 g/mol. The van der Waals surface area contributed by atoms with Crippen LogP contribution in [0.4, 0.5) is 11.5 Å². The zero-order valence-corrected chi connectivity index (χ0v) is 14.9. The average Bonchev–Trinajstić information content (AvgIpc) is 2.63. The maximum Gasteiger partial charge on any atom is 0.337 e. The Morgan fingerprint density at radius 2 is 1.85 bits per heavy atom. The molecule has 0 bridgehead atoms. The van der Waals surface area contributed by atoms with Gasteiger partial charge in [0.1, 0.15) is 5.82 Å². The fraction of sp³-hybridized carbons (Fsp3) is 0.105. The molecule has 0 amide bonds. The van der Waals surface area contributed by atoms with Crippen molar-refractivity contribution in [1.29, 1.82) is 0 Å². The smallest absolute Gasteiger partial charge is 0.337 e. The van der Waals surface area contributed by atoms with Crippen LogP contribution in [-0.4, -0.2) is 26.4 Å². The number of aromatic carboxylic acids is 1. The van der Waals surface area contributed by atoms with Crippen molar-refractivity contribution >= 4 is 29.2 Å². The third-order valence-electron chi connectivity index (χ3n) is 3.60. The van der Waals surface area contributed by atoms with Crippen LogP contribution in [0.3, 0.4) is 0 Å². The summed E-state index contributed by atoms with van der Waals surface area (Å²) < 4.78 is 1.54. The molecule has 0 aliphatic heterocycles. The lowest BCUT2D eigenvalue weighted by atomic mass is 10.2. The van der Waals surface area contributed by atoms with Crippen molar-refractivity contribution in [2.75, 3.05) is 11.1 Å². The summed E-state index contributed by atoms with van der Waals surface area (Å²) in [5.41, 5.74) is 0.999. The van der Waals surface area contributed by atoms with Crippen molar-refractivity contribution in [3.8, 4) is 5.69 Å². The first-order chi connectivity index (χ1) is 12.6. The topological polar surface area (TPSA) is 84.2 Å². The van der Waals surface area contributed by atoms with Crippen molar-refractivity contribution in [3.05, 3.63) is 76.6 Å². The van der Waals surface area contributed by atoms with Crippen LogP contribution in [0.2, 0.25) is 0 Å². The van der Waals surface area contributed by atoms with E-state index >= 15 is 0 Å². The Kier molecular flexibility index (Phi) is 5.38. The summed E-state index contributed by atoms with van der Waals surface area (Å²) in [4.78, 5) is 28.6. The third-order valence-corrected chi connectivity index (χ3v) is 4.42. The minimum atomic E-state index is -1.05. The molecular weight excluding hydrogens is 350 g/mol. The largest absolute Gasteiger partial charge is 0.478 e. The highest BCUT2D eigenvalue weighted by Gasteiger charge is 2.13. The van der Waals surface area contributed by atoms with Gasteiger partial charge in [-0.25, -0.2) is 9.78 Å². The summed E-state index contributed by atoms with van der Waals surface area (Å²) in [5.74, 6) is 0.00904. The van der Waals surface area contributed by atoms with Gasteiger partial charge >= 0.3 is 5.97 Å². The molecule has 0 aliphatic carbocycles. The molecule has 26 heavy (non-hydrogen) atoms. The molecule has 0 aliphatic rings. The second-order valence-electron chi connectivity index (χ2n) is 5.34. The summed E-state index contributed by atoms with van der Waals surface area (Å²) in [6, 6.07) is 17.2. The van der Waals surface area contributed by atoms with Crippen LogP contribution >= 0.6 is 11.8 Å². The summed E-state index contributed by atoms with van der Waals surface area (Å²) in [7, 11) is 0. The molecule has 3 aromatic rings. The molecule has 132 valence electrons. The van der Waals surface area contributed by atoms with E-state index in [4.69, 9.17) is 0 Å². The first-order valence-electron chi connectivity index (χ1n) is 8.02. The van der Waals surface area contributed by atoms with Crippen LogP contribution in [0.15, 0.2) is 70.6 Å². The fourth-order valence-corrected chi connectivity index (χ4v) is 3.23. The van der Waals surface area contributed by atoms with Crippen LogP contribution in [0.5, 0.6) is 0 Å². The van der Waals surface area contributed by atoms with Gasteiger partial charge in [0.15, 0.2) is 5.16 Å². The van der Waals surface area contributed by atoms with Gasteiger partial charge < -0.3 is 10.4 Å². The molecule has 0 radical (unpaired) electrons. The molecule has 1 aromatic heterocycles. The Labute approximate surface area is 154 Å². The lowest BCUT2D eigenvalue weighted by Crippen LogP contribution is -2.21. The molecule has 2 aromatic carbocycles. The second kappa shape index (κ2) is 7.88.